The largest absolute Gasteiger partial charge is 0.433 e. The zero-order valence-corrected chi connectivity index (χ0v) is 25.3. The van der Waals surface area contributed by atoms with Crippen LogP contribution in [0.4, 0.5) is 13.2 Å². The lowest BCUT2D eigenvalue weighted by molar-refractivity contribution is -0.144. The summed E-state index contributed by atoms with van der Waals surface area (Å²) in [6.07, 6.45) is -2.87. The smallest absolute Gasteiger partial charge is 0.350 e. The van der Waals surface area contributed by atoms with Crippen molar-refractivity contribution in [3.8, 4) is 11.3 Å². The Balaban J connectivity index is 1.36. The maximum Gasteiger partial charge on any atom is 0.433 e. The van der Waals surface area contributed by atoms with Gasteiger partial charge < -0.3 is 16.0 Å². The third-order valence-corrected chi connectivity index (χ3v) is 10.0. The van der Waals surface area contributed by atoms with Gasteiger partial charge in [-0.15, -0.1) is 11.3 Å². The number of rotatable bonds is 6. The number of aryl methyl sites for hydroxylation is 1. The van der Waals surface area contributed by atoms with Crippen molar-refractivity contribution in [3.63, 3.8) is 0 Å². The highest BCUT2D eigenvalue weighted by molar-refractivity contribution is 7.19. The van der Waals surface area contributed by atoms with Crippen LogP contribution < -0.4 is 11.1 Å². The van der Waals surface area contributed by atoms with Gasteiger partial charge in [0.1, 0.15) is 5.69 Å². The van der Waals surface area contributed by atoms with E-state index >= 15 is 0 Å². The van der Waals surface area contributed by atoms with E-state index in [2.05, 4.69) is 15.3 Å². The summed E-state index contributed by atoms with van der Waals surface area (Å²) in [6, 6.07) is 3.01. The van der Waals surface area contributed by atoms with Crippen molar-refractivity contribution >= 4 is 45.2 Å². The van der Waals surface area contributed by atoms with E-state index in [4.69, 9.17) is 5.73 Å². The van der Waals surface area contributed by atoms with Crippen LogP contribution in [0.2, 0.25) is 0 Å². The minimum Gasteiger partial charge on any atom is -0.350 e. The first-order valence-electron chi connectivity index (χ1n) is 14.3. The quantitative estimate of drug-likeness (QED) is 0.399. The van der Waals surface area contributed by atoms with E-state index in [-0.39, 0.29) is 83.0 Å². The molecule has 5 heterocycles. The summed E-state index contributed by atoms with van der Waals surface area (Å²) in [5.74, 6) is -1.97. The number of nitrogens with one attached hydrogen (secondary N) is 1. The molecule has 4 amide bonds. The lowest BCUT2D eigenvalue weighted by atomic mass is 9.99. The minimum atomic E-state index is -4.76. The minimum absolute atomic E-state index is 0.0202. The van der Waals surface area contributed by atoms with Crippen LogP contribution in [0.1, 0.15) is 53.7 Å². The van der Waals surface area contributed by atoms with Gasteiger partial charge in [0.15, 0.2) is 0 Å². The predicted molar refractivity (Wildman–Crippen MR) is 155 cm³/mol. The number of imide groups is 1. The molecule has 3 aliphatic rings. The number of aromatic nitrogens is 2. The average Bonchev–Trinajstić information content (AvgIpc) is 3.35. The van der Waals surface area contributed by atoms with E-state index in [1.54, 1.807) is 13.0 Å². The van der Waals surface area contributed by atoms with Gasteiger partial charge in [-0.05, 0) is 49.4 Å². The lowest BCUT2D eigenvalue weighted by Gasteiger charge is -2.21. The number of amides is 4. The van der Waals surface area contributed by atoms with Crippen LogP contribution in [0.3, 0.4) is 0 Å². The Hall–Kier alpha value is -3.91. The van der Waals surface area contributed by atoms with Gasteiger partial charge in [-0.25, -0.2) is 4.98 Å². The Labute approximate surface area is 254 Å². The normalized spacial score (nSPS) is 23.3. The van der Waals surface area contributed by atoms with Crippen LogP contribution in [0.25, 0.3) is 21.5 Å². The first-order valence-corrected chi connectivity index (χ1v) is 15.1. The second kappa shape index (κ2) is 10.3. The Bertz CT molecular complexity index is 1710. The summed E-state index contributed by atoms with van der Waals surface area (Å²) in [6.45, 7) is 7.27. The van der Waals surface area contributed by atoms with Crippen LogP contribution in [-0.4, -0.2) is 68.6 Å². The highest BCUT2D eigenvalue weighted by Gasteiger charge is 2.72. The van der Waals surface area contributed by atoms with Gasteiger partial charge in [0, 0.05) is 35.8 Å². The van der Waals surface area contributed by atoms with Gasteiger partial charge in [-0.1, -0.05) is 13.8 Å². The molecule has 2 saturated heterocycles. The number of nitrogens with two attached hydrogens (primary N) is 1. The molecule has 232 valence electrons. The number of hydrogen-bond acceptors (Lipinski definition) is 8. The molecule has 4 unspecified atom stereocenters. The molecular weight excluding hydrogens is 597 g/mol. The first-order chi connectivity index (χ1) is 20.6. The molecule has 3 N–H and O–H groups in total. The van der Waals surface area contributed by atoms with Crippen LogP contribution in [-0.2, 0) is 27.1 Å². The number of piperidine rings is 1. The number of thiophene rings is 1. The molecule has 1 aliphatic carbocycles. The molecule has 0 aromatic carbocycles. The fourth-order valence-corrected chi connectivity index (χ4v) is 7.52. The molecule has 2 aliphatic heterocycles. The number of nitrogens with zero attached hydrogens (tertiary/aromatic N) is 4. The molecule has 0 bridgehead atoms. The number of pyridine rings is 2. The van der Waals surface area contributed by atoms with Crippen LogP contribution in [0, 0.1) is 24.2 Å². The predicted octanol–water partition coefficient (Wildman–Crippen LogP) is 3.50. The topological polar surface area (TPSA) is 139 Å². The van der Waals surface area contributed by atoms with Crippen molar-refractivity contribution < 1.29 is 32.3 Å². The fraction of sp³-hybridized carbons (Fsp3) is 0.467. The first kappa shape index (κ1) is 30.1. The number of hydrogen-bond donors (Lipinski definition) is 2. The SMILES string of the molecule is Cc1cc(C(F)(F)F)nc(-c2ccnc3cc(CN4C(=O)C5C(C4=O)C5(C)C)sc23)c1C(=O)N1CCC(NC(=O)C(C)N)C1. The van der Waals surface area contributed by atoms with Crippen molar-refractivity contribution in [1.82, 2.24) is 25.1 Å². The molecule has 0 radical (unpaired) electrons. The van der Waals surface area contributed by atoms with Gasteiger partial charge in [-0.3, -0.25) is 29.1 Å². The molecule has 3 aromatic heterocycles. The van der Waals surface area contributed by atoms with Crippen molar-refractivity contribution in [3.05, 3.63) is 46.1 Å². The number of carbonyl (C=O) groups excluding carboxylic acids is 4. The van der Waals surface area contributed by atoms with Crippen LogP contribution in [0.15, 0.2) is 24.4 Å². The van der Waals surface area contributed by atoms with E-state index in [1.165, 1.54) is 40.3 Å². The number of likely N-dealkylation sites (tertiary alicyclic amines) is 2. The molecule has 3 aromatic rings. The molecular formula is C30H31F3N6O4S. The van der Waals surface area contributed by atoms with Gasteiger partial charge >= 0.3 is 6.18 Å². The molecule has 10 nitrogen and oxygen atoms in total. The van der Waals surface area contributed by atoms with Gasteiger partial charge in [0.25, 0.3) is 5.91 Å². The average molecular weight is 629 g/mol. The van der Waals surface area contributed by atoms with Crippen molar-refractivity contribution in [2.75, 3.05) is 13.1 Å². The van der Waals surface area contributed by atoms with Gasteiger partial charge in [0.2, 0.25) is 17.7 Å². The van der Waals surface area contributed by atoms with E-state index in [9.17, 15) is 32.3 Å². The van der Waals surface area contributed by atoms with Crippen molar-refractivity contribution in [2.24, 2.45) is 23.0 Å². The summed E-state index contributed by atoms with van der Waals surface area (Å²) < 4.78 is 42.4. The molecule has 1 saturated carbocycles. The number of carbonyl (C=O) groups is 4. The molecule has 0 spiro atoms. The maximum atomic E-state index is 14.0. The standard InChI is InChI=1S/C30H31F3N6O4S/c1-13-9-19(30(31,32)33)37-23(20(13)26(41)38-8-6-15(11-38)36-25(40)14(2)34)17-5-7-35-18-10-16(44-24(17)18)12-39-27(42)21-22(28(39)43)29(21,3)4/h5,7,9-10,14-15,21-22H,6,8,11-12,34H2,1-4H3,(H,36,40). The van der Waals surface area contributed by atoms with Gasteiger partial charge in [0.05, 0.1) is 45.9 Å². The van der Waals surface area contributed by atoms with Crippen molar-refractivity contribution in [2.45, 2.75) is 58.9 Å². The highest BCUT2D eigenvalue weighted by Crippen LogP contribution is 2.63. The van der Waals surface area contributed by atoms with E-state index < -0.39 is 23.8 Å². The van der Waals surface area contributed by atoms with E-state index in [0.717, 1.165) is 6.07 Å². The van der Waals surface area contributed by atoms with E-state index in [1.807, 2.05) is 13.8 Å². The monoisotopic (exact) mass is 628 g/mol. The molecule has 3 fully saturated rings. The highest BCUT2D eigenvalue weighted by atomic mass is 32.1. The molecule has 6 rings (SSSR count). The Morgan fingerprint density at radius 3 is 2.52 bits per heavy atom. The summed E-state index contributed by atoms with van der Waals surface area (Å²) in [7, 11) is 0. The van der Waals surface area contributed by atoms with Crippen LogP contribution >= 0.6 is 11.3 Å². The third-order valence-electron chi connectivity index (χ3n) is 8.88. The Morgan fingerprint density at radius 1 is 1.20 bits per heavy atom. The lowest BCUT2D eigenvalue weighted by Crippen LogP contribution is -2.45. The molecule has 14 heteroatoms. The summed E-state index contributed by atoms with van der Waals surface area (Å²) in [5.41, 5.74) is 4.88. The summed E-state index contributed by atoms with van der Waals surface area (Å²) in [5, 5.41) is 2.80. The zero-order chi connectivity index (χ0) is 31.9. The Kier molecular flexibility index (Phi) is 7.07. The summed E-state index contributed by atoms with van der Waals surface area (Å²) >= 11 is 1.19. The maximum absolute atomic E-state index is 14.0. The number of alkyl halides is 3. The van der Waals surface area contributed by atoms with E-state index in [0.29, 0.717) is 21.5 Å². The second-order valence-electron chi connectivity index (χ2n) is 12.4. The Morgan fingerprint density at radius 2 is 1.89 bits per heavy atom. The molecule has 44 heavy (non-hydrogen) atoms. The number of fused-ring (bicyclic) bond motifs is 2. The fourth-order valence-electron chi connectivity index (χ4n) is 6.40. The van der Waals surface area contributed by atoms with Gasteiger partial charge in [-0.2, -0.15) is 13.2 Å². The third kappa shape index (κ3) is 4.93. The number of halogens is 3. The zero-order valence-electron chi connectivity index (χ0n) is 24.5. The van der Waals surface area contributed by atoms with Crippen LogP contribution in [0.5, 0.6) is 0 Å². The summed E-state index contributed by atoms with van der Waals surface area (Å²) in [4.78, 5) is 63.5. The molecule has 4 atom stereocenters. The van der Waals surface area contributed by atoms with Crippen molar-refractivity contribution in [1.29, 1.82) is 0 Å². The second-order valence-corrected chi connectivity index (χ2v) is 13.5.